The molecule has 0 bridgehead atoms. The Kier molecular flexibility index (Phi) is 8.01. The fraction of sp³-hybridized carbons (Fsp3) is 0.414. The molecule has 2 aromatic carbocycles. The number of unbranched alkanes of at least 4 members (excludes halogenated alkanes) is 1. The molecule has 1 aliphatic heterocycles. The summed E-state index contributed by atoms with van der Waals surface area (Å²) >= 11 is 0. The van der Waals surface area contributed by atoms with E-state index in [0.29, 0.717) is 25.3 Å². The van der Waals surface area contributed by atoms with Crippen LogP contribution in [0.5, 0.6) is 5.88 Å². The van der Waals surface area contributed by atoms with E-state index in [1.54, 1.807) is 9.47 Å². The van der Waals surface area contributed by atoms with Gasteiger partial charge in [-0.15, -0.1) is 0 Å². The first-order valence-corrected chi connectivity index (χ1v) is 12.8. The predicted molar refractivity (Wildman–Crippen MR) is 138 cm³/mol. The average Bonchev–Trinajstić information content (AvgIpc) is 3.38. The highest BCUT2D eigenvalue weighted by molar-refractivity contribution is 5.96. The Hall–Kier alpha value is -3.41. The first-order valence-electron chi connectivity index (χ1n) is 12.8. The number of amides is 1. The lowest BCUT2D eigenvalue weighted by Gasteiger charge is -2.25. The zero-order chi connectivity index (χ0) is 24.8. The summed E-state index contributed by atoms with van der Waals surface area (Å²) in [5.74, 6) is -0.124. The molecule has 1 amide bonds. The van der Waals surface area contributed by atoms with E-state index in [1.807, 2.05) is 48.5 Å². The lowest BCUT2D eigenvalue weighted by Crippen LogP contribution is -2.38. The minimum atomic E-state index is -0.450. The van der Waals surface area contributed by atoms with Crippen LogP contribution in [0.15, 0.2) is 65.5 Å². The Balaban J connectivity index is 1.74. The molecule has 2 atom stereocenters. The van der Waals surface area contributed by atoms with Crippen LogP contribution in [0.25, 0.3) is 0 Å². The van der Waals surface area contributed by atoms with Gasteiger partial charge in [0.2, 0.25) is 5.88 Å². The summed E-state index contributed by atoms with van der Waals surface area (Å²) in [6, 6.07) is 19.8. The minimum absolute atomic E-state index is 0.212. The molecule has 0 saturated carbocycles. The molecule has 0 spiro atoms. The zero-order valence-electron chi connectivity index (χ0n) is 20.7. The molecule has 1 N–H and O–H groups in total. The number of hydrogen-bond acceptors (Lipinski definition) is 4. The first-order chi connectivity index (χ1) is 17.0. The van der Waals surface area contributed by atoms with E-state index >= 15 is 0 Å². The fourth-order valence-electron chi connectivity index (χ4n) is 5.08. The molecule has 1 aromatic heterocycles. The molecule has 1 fully saturated rings. The molecule has 0 radical (unpaired) electrons. The monoisotopic (exact) mass is 473 g/mol. The third kappa shape index (κ3) is 5.31. The van der Waals surface area contributed by atoms with E-state index < -0.39 is 17.3 Å². The number of aromatic nitrogens is 2. The third-order valence-electron chi connectivity index (χ3n) is 6.94. The van der Waals surface area contributed by atoms with Gasteiger partial charge in [-0.3, -0.25) is 14.2 Å². The van der Waals surface area contributed by atoms with Gasteiger partial charge >= 0.3 is 0 Å². The van der Waals surface area contributed by atoms with E-state index in [9.17, 15) is 14.7 Å². The van der Waals surface area contributed by atoms with Crippen LogP contribution in [0.1, 0.15) is 85.2 Å². The minimum Gasteiger partial charge on any atom is -0.493 e. The summed E-state index contributed by atoms with van der Waals surface area (Å²) in [7, 11) is 0. The topological polar surface area (TPSA) is 75.4 Å². The van der Waals surface area contributed by atoms with Crippen LogP contribution >= 0.6 is 0 Å². The number of nitrogens with zero attached hydrogens (tertiary/aromatic N) is 3. The molecule has 6 heteroatoms. The van der Waals surface area contributed by atoms with Gasteiger partial charge in [0.25, 0.3) is 11.5 Å². The largest absolute Gasteiger partial charge is 0.493 e. The SMILES string of the molecule is CCCCc1nc(O)c(C(=O)N2CC[C@H](c3ccccc3)C2)c(=O)n1C(CCC)c1ccccc1. The molecule has 3 aromatic rings. The van der Waals surface area contributed by atoms with Crippen molar-refractivity contribution in [2.24, 2.45) is 0 Å². The summed E-state index contributed by atoms with van der Waals surface area (Å²) in [5, 5.41) is 10.8. The van der Waals surface area contributed by atoms with E-state index in [2.05, 4.69) is 31.0 Å². The molecule has 4 rings (SSSR count). The van der Waals surface area contributed by atoms with Gasteiger partial charge in [0.05, 0.1) is 6.04 Å². The van der Waals surface area contributed by atoms with Crippen molar-refractivity contribution in [3.05, 3.63) is 93.5 Å². The second-order valence-electron chi connectivity index (χ2n) is 9.37. The highest BCUT2D eigenvalue weighted by atomic mass is 16.3. The van der Waals surface area contributed by atoms with E-state index in [4.69, 9.17) is 0 Å². The molecule has 1 aliphatic rings. The van der Waals surface area contributed by atoms with Crippen LogP contribution in [-0.2, 0) is 6.42 Å². The molecular formula is C29H35N3O3. The molecule has 35 heavy (non-hydrogen) atoms. The molecular weight excluding hydrogens is 438 g/mol. The Bertz CT molecular complexity index is 1190. The number of carbonyl (C=O) groups excluding carboxylic acids is 1. The summed E-state index contributed by atoms with van der Waals surface area (Å²) in [6.07, 6.45) is 4.79. The quantitative estimate of drug-likeness (QED) is 0.457. The number of likely N-dealkylation sites (tertiary alicyclic amines) is 1. The Labute approximate surface area is 207 Å². The number of carbonyl (C=O) groups is 1. The van der Waals surface area contributed by atoms with Crippen molar-refractivity contribution in [1.82, 2.24) is 14.5 Å². The van der Waals surface area contributed by atoms with Crippen LogP contribution in [0.2, 0.25) is 0 Å². The number of hydrogen-bond donors (Lipinski definition) is 1. The third-order valence-corrected chi connectivity index (χ3v) is 6.94. The van der Waals surface area contributed by atoms with Crippen LogP contribution in [-0.4, -0.2) is 38.6 Å². The van der Waals surface area contributed by atoms with Crippen LogP contribution in [0.3, 0.4) is 0 Å². The van der Waals surface area contributed by atoms with Gasteiger partial charge in [0, 0.05) is 25.4 Å². The lowest BCUT2D eigenvalue weighted by atomic mass is 9.99. The first kappa shape index (κ1) is 24.7. The molecule has 6 nitrogen and oxygen atoms in total. The molecule has 2 heterocycles. The van der Waals surface area contributed by atoms with Crippen LogP contribution in [0, 0.1) is 0 Å². The van der Waals surface area contributed by atoms with E-state index in [-0.39, 0.29) is 17.5 Å². The van der Waals surface area contributed by atoms with Crippen molar-refractivity contribution in [1.29, 1.82) is 0 Å². The van der Waals surface area contributed by atoms with Crippen molar-refractivity contribution in [2.75, 3.05) is 13.1 Å². The van der Waals surface area contributed by atoms with E-state index in [0.717, 1.165) is 37.7 Å². The lowest BCUT2D eigenvalue weighted by molar-refractivity contribution is 0.0783. The smallest absolute Gasteiger partial charge is 0.270 e. The van der Waals surface area contributed by atoms with Crippen molar-refractivity contribution < 1.29 is 9.90 Å². The highest BCUT2D eigenvalue weighted by Gasteiger charge is 2.33. The number of aromatic hydroxyl groups is 1. The number of rotatable bonds is 9. The predicted octanol–water partition coefficient (Wildman–Crippen LogP) is 5.31. The van der Waals surface area contributed by atoms with E-state index in [1.165, 1.54) is 5.56 Å². The van der Waals surface area contributed by atoms with Gasteiger partial charge in [0.15, 0.2) is 5.56 Å². The van der Waals surface area contributed by atoms with Gasteiger partial charge in [0.1, 0.15) is 5.82 Å². The van der Waals surface area contributed by atoms with Gasteiger partial charge in [-0.05, 0) is 30.4 Å². The molecule has 1 saturated heterocycles. The Morgan fingerprint density at radius 1 is 1.06 bits per heavy atom. The van der Waals surface area contributed by atoms with Crippen molar-refractivity contribution in [3.8, 4) is 5.88 Å². The second kappa shape index (κ2) is 11.3. The normalized spacial score (nSPS) is 16.4. The second-order valence-corrected chi connectivity index (χ2v) is 9.37. The number of benzene rings is 2. The van der Waals surface area contributed by atoms with Gasteiger partial charge < -0.3 is 10.0 Å². The molecule has 184 valence electrons. The summed E-state index contributed by atoms with van der Waals surface area (Å²) < 4.78 is 1.67. The molecule has 1 unspecified atom stereocenters. The summed E-state index contributed by atoms with van der Waals surface area (Å²) in [5.41, 5.74) is 1.53. The van der Waals surface area contributed by atoms with Crippen molar-refractivity contribution >= 4 is 5.91 Å². The Morgan fingerprint density at radius 2 is 1.74 bits per heavy atom. The van der Waals surface area contributed by atoms with Gasteiger partial charge in [-0.25, -0.2) is 0 Å². The maximum atomic E-state index is 13.9. The van der Waals surface area contributed by atoms with Crippen molar-refractivity contribution in [2.45, 2.75) is 64.3 Å². The standard InChI is InChI=1S/C29H35N3O3/c1-3-5-17-25-30-27(33)26(28(34)31-19-18-23(20-31)21-13-8-6-9-14-21)29(35)32(25)24(12-4-2)22-15-10-7-11-16-22/h6-11,13-16,23-24,33H,3-5,12,17-20H2,1-2H3/t23-,24?/m0/s1. The zero-order valence-corrected chi connectivity index (χ0v) is 20.7. The average molecular weight is 474 g/mol. The van der Waals surface area contributed by atoms with Gasteiger partial charge in [-0.2, -0.15) is 4.98 Å². The van der Waals surface area contributed by atoms with Crippen LogP contribution < -0.4 is 5.56 Å². The van der Waals surface area contributed by atoms with Crippen LogP contribution in [0.4, 0.5) is 0 Å². The van der Waals surface area contributed by atoms with Gasteiger partial charge in [-0.1, -0.05) is 87.4 Å². The number of aryl methyl sites for hydroxylation is 1. The molecule has 0 aliphatic carbocycles. The Morgan fingerprint density at radius 3 is 2.40 bits per heavy atom. The maximum absolute atomic E-state index is 13.9. The summed E-state index contributed by atoms with van der Waals surface area (Å²) in [4.78, 5) is 33.6. The summed E-state index contributed by atoms with van der Waals surface area (Å²) in [6.45, 7) is 5.24. The van der Waals surface area contributed by atoms with Crippen molar-refractivity contribution in [3.63, 3.8) is 0 Å². The fourth-order valence-corrected chi connectivity index (χ4v) is 5.08. The highest BCUT2D eigenvalue weighted by Crippen LogP contribution is 2.30. The maximum Gasteiger partial charge on any atom is 0.270 e.